The minimum absolute atomic E-state index is 0.226. The average Bonchev–Trinajstić information content (AvgIpc) is 2.99. The molecule has 3 atom stereocenters. The summed E-state index contributed by atoms with van der Waals surface area (Å²) in [5.41, 5.74) is 9.74. The molecule has 0 saturated carbocycles. The zero-order chi connectivity index (χ0) is 27.8. The van der Waals surface area contributed by atoms with Crippen molar-refractivity contribution in [2.24, 2.45) is 0 Å². The highest BCUT2D eigenvalue weighted by Crippen LogP contribution is 2.39. The predicted molar refractivity (Wildman–Crippen MR) is 162 cm³/mol. The fraction of sp³-hybridized carbons (Fsp3) is 0.270. The number of rotatable bonds is 11. The van der Waals surface area contributed by atoms with Crippen LogP contribution < -0.4 is 0 Å². The summed E-state index contributed by atoms with van der Waals surface area (Å²) in [6, 6.07) is 37.1. The van der Waals surface area contributed by atoms with Crippen LogP contribution in [0.4, 0.5) is 0 Å². The number of hydrogen-bond acceptors (Lipinski definition) is 2. The summed E-state index contributed by atoms with van der Waals surface area (Å²) in [4.78, 5) is 12.0. The Hall–Kier alpha value is -3.91. The van der Waals surface area contributed by atoms with Crippen molar-refractivity contribution >= 4 is 5.97 Å². The Morgan fingerprint density at radius 1 is 0.667 bits per heavy atom. The van der Waals surface area contributed by atoms with E-state index in [4.69, 9.17) is 4.74 Å². The van der Waals surface area contributed by atoms with E-state index in [9.17, 15) is 4.79 Å². The first kappa shape index (κ1) is 28.1. The van der Waals surface area contributed by atoms with Crippen LogP contribution in [0.1, 0.15) is 90.8 Å². The summed E-state index contributed by atoms with van der Waals surface area (Å²) in [7, 11) is 0. The van der Waals surface area contributed by atoms with Crippen molar-refractivity contribution in [3.8, 4) is 0 Å². The maximum absolute atomic E-state index is 12.0. The van der Waals surface area contributed by atoms with Gasteiger partial charge in [-0.25, -0.2) is 4.79 Å². The topological polar surface area (TPSA) is 26.3 Å². The molecule has 3 unspecified atom stereocenters. The Kier molecular flexibility index (Phi) is 9.54. The number of carbonyl (C=O) groups is 1. The summed E-state index contributed by atoms with van der Waals surface area (Å²) >= 11 is 0. The van der Waals surface area contributed by atoms with Gasteiger partial charge in [-0.1, -0.05) is 130 Å². The largest absolute Gasteiger partial charge is 0.462 e. The van der Waals surface area contributed by atoms with E-state index in [1.54, 1.807) is 6.92 Å². The van der Waals surface area contributed by atoms with Gasteiger partial charge in [-0.05, 0) is 58.7 Å². The molecule has 0 fully saturated rings. The van der Waals surface area contributed by atoms with Crippen LogP contribution in [0.2, 0.25) is 0 Å². The predicted octanol–water partition coefficient (Wildman–Crippen LogP) is 9.19. The van der Waals surface area contributed by atoms with Crippen molar-refractivity contribution in [2.75, 3.05) is 6.61 Å². The van der Waals surface area contributed by atoms with Gasteiger partial charge in [0.2, 0.25) is 0 Å². The number of ether oxygens (including phenoxy) is 1. The fourth-order valence-corrected chi connectivity index (χ4v) is 5.37. The molecule has 2 nitrogen and oxygen atoms in total. The molecule has 39 heavy (non-hydrogen) atoms. The summed E-state index contributed by atoms with van der Waals surface area (Å²) in [6.07, 6.45) is 1.60. The lowest BCUT2D eigenvalue weighted by Crippen LogP contribution is -2.13. The van der Waals surface area contributed by atoms with Crippen LogP contribution in [0.3, 0.4) is 0 Å². The van der Waals surface area contributed by atoms with Crippen molar-refractivity contribution in [1.29, 1.82) is 0 Å². The summed E-state index contributed by atoms with van der Waals surface area (Å²) in [5, 5.41) is 0. The minimum Gasteiger partial charge on any atom is -0.462 e. The second-order valence-corrected chi connectivity index (χ2v) is 10.6. The number of benzene rings is 4. The zero-order valence-electron chi connectivity index (χ0n) is 23.7. The third kappa shape index (κ3) is 6.95. The zero-order valence-corrected chi connectivity index (χ0v) is 23.7. The van der Waals surface area contributed by atoms with E-state index in [-0.39, 0.29) is 23.7 Å². The Labute approximate surface area is 234 Å². The lowest BCUT2D eigenvalue weighted by molar-refractivity contribution is -0.139. The number of carbonyl (C=O) groups excluding carboxylic acids is 1. The van der Waals surface area contributed by atoms with Crippen LogP contribution in [0.25, 0.3) is 0 Å². The normalized spacial score (nSPS) is 13.3. The molecule has 0 amide bonds. The molecular formula is C37H40O2. The minimum atomic E-state index is -0.321. The van der Waals surface area contributed by atoms with Gasteiger partial charge in [0.25, 0.3) is 0 Å². The van der Waals surface area contributed by atoms with Gasteiger partial charge in [0.1, 0.15) is 0 Å². The quantitative estimate of drug-likeness (QED) is 0.113. The Balaban J connectivity index is 1.83. The average molecular weight is 517 g/mol. The third-order valence-corrected chi connectivity index (χ3v) is 7.83. The SMILES string of the molecule is C=C(C)C(=O)OCCCc1c(C(C)c2ccccc2)cc(C(C)c2ccccc2)cc1C(C)c1ccccc1. The Bertz CT molecular complexity index is 1310. The Morgan fingerprint density at radius 2 is 1.08 bits per heavy atom. The monoisotopic (exact) mass is 516 g/mol. The second kappa shape index (κ2) is 13.2. The van der Waals surface area contributed by atoms with Crippen LogP contribution in [0, 0.1) is 0 Å². The van der Waals surface area contributed by atoms with Crippen molar-refractivity contribution in [2.45, 2.75) is 58.3 Å². The van der Waals surface area contributed by atoms with Crippen LogP contribution in [0.15, 0.2) is 115 Å². The van der Waals surface area contributed by atoms with E-state index in [1.807, 2.05) is 0 Å². The van der Waals surface area contributed by atoms with Crippen molar-refractivity contribution in [3.63, 3.8) is 0 Å². The summed E-state index contributed by atoms with van der Waals surface area (Å²) < 4.78 is 5.48. The van der Waals surface area contributed by atoms with Gasteiger partial charge in [0.15, 0.2) is 0 Å². The first-order chi connectivity index (χ1) is 18.9. The maximum atomic E-state index is 12.0. The van der Waals surface area contributed by atoms with Crippen molar-refractivity contribution < 1.29 is 9.53 Å². The molecule has 0 radical (unpaired) electrons. The van der Waals surface area contributed by atoms with Crippen LogP contribution >= 0.6 is 0 Å². The molecule has 0 aliphatic carbocycles. The molecule has 0 heterocycles. The lowest BCUT2D eigenvalue weighted by atomic mass is 9.78. The molecule has 0 saturated heterocycles. The van der Waals surface area contributed by atoms with Gasteiger partial charge >= 0.3 is 5.97 Å². The Morgan fingerprint density at radius 3 is 1.49 bits per heavy atom. The second-order valence-electron chi connectivity index (χ2n) is 10.6. The van der Waals surface area contributed by atoms with Crippen molar-refractivity contribution in [3.05, 3.63) is 154 Å². The standard InChI is InChI=1S/C37H40O2/c1-26(2)37(38)39-23-15-22-34-35(28(4)31-18-11-7-12-19-31)24-33(27(3)30-16-9-6-10-17-30)25-36(34)29(5)32-20-13-8-14-21-32/h6-14,16-21,24-25,27-29H,1,15,22-23H2,2-5H3. The van der Waals surface area contributed by atoms with E-state index >= 15 is 0 Å². The van der Waals surface area contributed by atoms with E-state index in [2.05, 4.69) is 130 Å². The molecule has 0 aliphatic heterocycles. The lowest BCUT2D eigenvalue weighted by Gasteiger charge is -2.27. The molecule has 4 aromatic carbocycles. The van der Waals surface area contributed by atoms with Gasteiger partial charge in [-0.3, -0.25) is 0 Å². The number of esters is 1. The highest BCUT2D eigenvalue weighted by molar-refractivity contribution is 5.86. The van der Waals surface area contributed by atoms with Crippen LogP contribution in [0.5, 0.6) is 0 Å². The highest BCUT2D eigenvalue weighted by atomic mass is 16.5. The first-order valence-corrected chi connectivity index (χ1v) is 14.0. The molecule has 0 bridgehead atoms. The maximum Gasteiger partial charge on any atom is 0.333 e. The van der Waals surface area contributed by atoms with Crippen molar-refractivity contribution in [1.82, 2.24) is 0 Å². The molecule has 4 rings (SSSR count). The molecule has 2 heteroatoms. The number of hydrogen-bond donors (Lipinski definition) is 0. The molecule has 0 spiro atoms. The van der Waals surface area contributed by atoms with Crippen LogP contribution in [-0.2, 0) is 16.0 Å². The van der Waals surface area contributed by atoms with Crippen LogP contribution in [-0.4, -0.2) is 12.6 Å². The van der Waals surface area contributed by atoms with E-state index in [0.29, 0.717) is 12.2 Å². The van der Waals surface area contributed by atoms with E-state index < -0.39 is 0 Å². The summed E-state index contributed by atoms with van der Waals surface area (Å²) in [6.45, 7) is 12.7. The molecule has 0 N–H and O–H groups in total. The fourth-order valence-electron chi connectivity index (χ4n) is 5.37. The smallest absolute Gasteiger partial charge is 0.333 e. The van der Waals surface area contributed by atoms with Gasteiger partial charge in [0.05, 0.1) is 6.61 Å². The van der Waals surface area contributed by atoms with Gasteiger partial charge in [-0.15, -0.1) is 0 Å². The molecule has 4 aromatic rings. The molecular weight excluding hydrogens is 476 g/mol. The first-order valence-electron chi connectivity index (χ1n) is 14.0. The van der Waals surface area contributed by atoms with Gasteiger partial charge in [0, 0.05) is 23.3 Å². The van der Waals surface area contributed by atoms with Gasteiger partial charge in [-0.2, -0.15) is 0 Å². The van der Waals surface area contributed by atoms with E-state index in [0.717, 1.165) is 12.8 Å². The molecule has 0 aliphatic rings. The molecule has 0 aromatic heterocycles. The van der Waals surface area contributed by atoms with Gasteiger partial charge < -0.3 is 4.74 Å². The molecule has 200 valence electrons. The summed E-state index contributed by atoms with van der Waals surface area (Å²) in [5.74, 6) is 0.394. The van der Waals surface area contributed by atoms with E-state index in [1.165, 1.54) is 38.9 Å². The highest BCUT2D eigenvalue weighted by Gasteiger charge is 2.23. The third-order valence-electron chi connectivity index (χ3n) is 7.83.